The van der Waals surface area contributed by atoms with Crippen LogP contribution in [0.15, 0.2) is 18.3 Å². The second kappa shape index (κ2) is 5.36. The molecule has 0 radical (unpaired) electrons. The third-order valence-corrected chi connectivity index (χ3v) is 3.09. The van der Waals surface area contributed by atoms with Crippen molar-refractivity contribution in [1.29, 1.82) is 0 Å². The summed E-state index contributed by atoms with van der Waals surface area (Å²) >= 11 is 0. The van der Waals surface area contributed by atoms with Crippen LogP contribution in [0.1, 0.15) is 38.4 Å². The summed E-state index contributed by atoms with van der Waals surface area (Å²) in [5, 5.41) is 0. The standard InChI is InChI=1S/C13H20N2O2/c1-10(2)17-9-13(16)15-8-4-6-12(15)11-5-3-7-14-11/h3,5,7,10,12,14H,4,6,8-9H2,1-2H3. The van der Waals surface area contributed by atoms with Crippen molar-refractivity contribution in [2.24, 2.45) is 0 Å². The molecule has 1 amide bonds. The van der Waals surface area contributed by atoms with E-state index in [1.807, 2.05) is 37.1 Å². The minimum absolute atomic E-state index is 0.0933. The molecular formula is C13H20N2O2. The van der Waals surface area contributed by atoms with Crippen molar-refractivity contribution >= 4 is 5.91 Å². The van der Waals surface area contributed by atoms with Crippen LogP contribution in [-0.4, -0.2) is 35.0 Å². The zero-order valence-corrected chi connectivity index (χ0v) is 10.5. The zero-order valence-electron chi connectivity index (χ0n) is 10.5. The van der Waals surface area contributed by atoms with Gasteiger partial charge in [-0.2, -0.15) is 0 Å². The molecule has 1 N–H and O–H groups in total. The van der Waals surface area contributed by atoms with Gasteiger partial charge in [-0.3, -0.25) is 4.79 Å². The van der Waals surface area contributed by atoms with Crippen LogP contribution in [0.3, 0.4) is 0 Å². The first-order valence-electron chi connectivity index (χ1n) is 6.23. The van der Waals surface area contributed by atoms with Crippen molar-refractivity contribution in [3.63, 3.8) is 0 Å². The van der Waals surface area contributed by atoms with E-state index in [1.165, 1.54) is 0 Å². The van der Waals surface area contributed by atoms with Crippen LogP contribution in [0, 0.1) is 0 Å². The Bertz CT molecular complexity index is 360. The fourth-order valence-electron chi connectivity index (χ4n) is 2.26. The van der Waals surface area contributed by atoms with Crippen LogP contribution in [0.5, 0.6) is 0 Å². The Morgan fingerprint density at radius 1 is 1.65 bits per heavy atom. The maximum Gasteiger partial charge on any atom is 0.249 e. The fraction of sp³-hybridized carbons (Fsp3) is 0.615. The molecule has 17 heavy (non-hydrogen) atoms. The smallest absolute Gasteiger partial charge is 0.249 e. The summed E-state index contributed by atoms with van der Waals surface area (Å²) in [6.45, 7) is 4.91. The fourth-order valence-corrected chi connectivity index (χ4v) is 2.26. The van der Waals surface area contributed by atoms with Gasteiger partial charge in [0.1, 0.15) is 6.61 Å². The van der Waals surface area contributed by atoms with Gasteiger partial charge in [0.05, 0.1) is 12.1 Å². The van der Waals surface area contributed by atoms with E-state index >= 15 is 0 Å². The van der Waals surface area contributed by atoms with E-state index in [-0.39, 0.29) is 24.7 Å². The Labute approximate surface area is 102 Å². The van der Waals surface area contributed by atoms with Gasteiger partial charge in [-0.1, -0.05) is 0 Å². The molecule has 0 saturated carbocycles. The summed E-state index contributed by atoms with van der Waals surface area (Å²) in [5.41, 5.74) is 1.13. The first-order chi connectivity index (χ1) is 8.18. The Morgan fingerprint density at radius 3 is 3.12 bits per heavy atom. The second-order valence-corrected chi connectivity index (χ2v) is 4.73. The molecule has 0 bridgehead atoms. The van der Waals surface area contributed by atoms with E-state index < -0.39 is 0 Å². The van der Waals surface area contributed by atoms with Gasteiger partial charge in [0.15, 0.2) is 0 Å². The van der Waals surface area contributed by atoms with Crippen molar-refractivity contribution in [3.05, 3.63) is 24.0 Å². The van der Waals surface area contributed by atoms with Crippen LogP contribution in [0.2, 0.25) is 0 Å². The summed E-state index contributed by atoms with van der Waals surface area (Å²) in [6.07, 6.45) is 4.11. The van der Waals surface area contributed by atoms with Gasteiger partial charge in [-0.15, -0.1) is 0 Å². The highest BCUT2D eigenvalue weighted by atomic mass is 16.5. The lowest BCUT2D eigenvalue weighted by atomic mass is 10.1. The third kappa shape index (κ3) is 2.88. The maximum atomic E-state index is 12.0. The monoisotopic (exact) mass is 236 g/mol. The van der Waals surface area contributed by atoms with E-state index in [9.17, 15) is 4.79 Å². The number of carbonyl (C=O) groups excluding carboxylic acids is 1. The third-order valence-electron chi connectivity index (χ3n) is 3.09. The number of ether oxygens (including phenoxy) is 1. The van der Waals surface area contributed by atoms with Crippen LogP contribution < -0.4 is 0 Å². The van der Waals surface area contributed by atoms with E-state index in [1.54, 1.807) is 0 Å². The topological polar surface area (TPSA) is 45.3 Å². The van der Waals surface area contributed by atoms with Crippen LogP contribution >= 0.6 is 0 Å². The van der Waals surface area contributed by atoms with Crippen LogP contribution in [-0.2, 0) is 9.53 Å². The molecule has 2 heterocycles. The van der Waals surface area contributed by atoms with Crippen molar-refractivity contribution in [2.45, 2.75) is 38.8 Å². The first-order valence-corrected chi connectivity index (χ1v) is 6.23. The number of hydrogen-bond donors (Lipinski definition) is 1. The number of nitrogens with zero attached hydrogens (tertiary/aromatic N) is 1. The second-order valence-electron chi connectivity index (χ2n) is 4.73. The highest BCUT2D eigenvalue weighted by Crippen LogP contribution is 2.30. The number of rotatable bonds is 4. The average Bonchev–Trinajstić information content (AvgIpc) is 2.94. The molecular weight excluding hydrogens is 216 g/mol. The van der Waals surface area contributed by atoms with Gasteiger partial charge in [-0.05, 0) is 38.8 Å². The maximum absolute atomic E-state index is 12.0. The molecule has 0 spiro atoms. The molecule has 1 aromatic rings. The normalized spacial score (nSPS) is 20.2. The van der Waals surface area contributed by atoms with E-state index in [4.69, 9.17) is 4.74 Å². The summed E-state index contributed by atoms with van der Waals surface area (Å²) < 4.78 is 5.38. The highest BCUT2D eigenvalue weighted by Gasteiger charge is 2.30. The zero-order chi connectivity index (χ0) is 12.3. The van der Waals surface area contributed by atoms with E-state index in [0.717, 1.165) is 25.1 Å². The van der Waals surface area contributed by atoms with Gasteiger partial charge in [0, 0.05) is 18.4 Å². The quantitative estimate of drug-likeness (QED) is 0.870. The molecule has 4 nitrogen and oxygen atoms in total. The SMILES string of the molecule is CC(C)OCC(=O)N1CCCC1c1ccc[nH]1. The van der Waals surface area contributed by atoms with E-state index in [2.05, 4.69) is 4.98 Å². The Morgan fingerprint density at radius 2 is 2.47 bits per heavy atom. The molecule has 1 saturated heterocycles. The molecule has 1 unspecified atom stereocenters. The van der Waals surface area contributed by atoms with Crippen LogP contribution in [0.25, 0.3) is 0 Å². The highest BCUT2D eigenvalue weighted by molar-refractivity contribution is 5.78. The van der Waals surface area contributed by atoms with Crippen molar-refractivity contribution in [1.82, 2.24) is 9.88 Å². The van der Waals surface area contributed by atoms with Crippen molar-refractivity contribution in [2.75, 3.05) is 13.2 Å². The van der Waals surface area contributed by atoms with Gasteiger partial charge in [0.25, 0.3) is 0 Å². The predicted molar refractivity (Wildman–Crippen MR) is 65.6 cm³/mol. The average molecular weight is 236 g/mol. The van der Waals surface area contributed by atoms with Crippen molar-refractivity contribution < 1.29 is 9.53 Å². The minimum atomic E-state index is 0.0933. The van der Waals surface area contributed by atoms with Crippen molar-refractivity contribution in [3.8, 4) is 0 Å². The number of aromatic nitrogens is 1. The van der Waals surface area contributed by atoms with E-state index in [0.29, 0.717) is 0 Å². The molecule has 0 aromatic carbocycles. The number of carbonyl (C=O) groups is 1. The number of amides is 1. The summed E-state index contributed by atoms with van der Waals surface area (Å²) in [7, 11) is 0. The van der Waals surface area contributed by atoms with Gasteiger partial charge in [-0.25, -0.2) is 0 Å². The number of hydrogen-bond acceptors (Lipinski definition) is 2. The molecule has 1 atom stereocenters. The number of aromatic amines is 1. The largest absolute Gasteiger partial charge is 0.369 e. The first kappa shape index (κ1) is 12.2. The lowest BCUT2D eigenvalue weighted by Crippen LogP contribution is -2.34. The predicted octanol–water partition coefficient (Wildman–Crippen LogP) is 2.10. The Hall–Kier alpha value is -1.29. The summed E-state index contributed by atoms with van der Waals surface area (Å²) in [5.74, 6) is 0.0933. The molecule has 1 aliphatic rings. The molecule has 2 rings (SSSR count). The Kier molecular flexibility index (Phi) is 3.84. The minimum Gasteiger partial charge on any atom is -0.369 e. The summed E-state index contributed by atoms with van der Waals surface area (Å²) in [6, 6.07) is 4.22. The van der Waals surface area contributed by atoms with Crippen LogP contribution in [0.4, 0.5) is 0 Å². The molecule has 0 aliphatic carbocycles. The van der Waals surface area contributed by atoms with Gasteiger partial charge in [0.2, 0.25) is 5.91 Å². The molecule has 4 heteroatoms. The lowest BCUT2D eigenvalue weighted by Gasteiger charge is -2.24. The molecule has 1 aliphatic heterocycles. The number of nitrogens with one attached hydrogen (secondary N) is 1. The van der Waals surface area contributed by atoms with Gasteiger partial charge >= 0.3 is 0 Å². The van der Waals surface area contributed by atoms with Gasteiger partial charge < -0.3 is 14.6 Å². The lowest BCUT2D eigenvalue weighted by molar-refractivity contribution is -0.138. The summed E-state index contributed by atoms with van der Waals surface area (Å²) in [4.78, 5) is 17.2. The number of likely N-dealkylation sites (tertiary alicyclic amines) is 1. The Balaban J connectivity index is 1.97. The number of H-pyrrole nitrogens is 1. The molecule has 1 fully saturated rings. The molecule has 94 valence electrons. The molecule has 1 aromatic heterocycles.